The SMILES string of the molecule is CNc1ccc(Cc2cc[c]cc2)cc1. The van der Waals surface area contributed by atoms with E-state index in [1.807, 2.05) is 19.2 Å². The molecule has 0 saturated carbocycles. The molecule has 2 aromatic carbocycles. The second-order valence-electron chi connectivity index (χ2n) is 3.53. The van der Waals surface area contributed by atoms with Crippen LogP contribution < -0.4 is 5.32 Å². The fourth-order valence-corrected chi connectivity index (χ4v) is 1.56. The maximum absolute atomic E-state index is 3.11. The molecule has 0 amide bonds. The predicted molar refractivity (Wildman–Crippen MR) is 64.1 cm³/mol. The van der Waals surface area contributed by atoms with Gasteiger partial charge in [0.2, 0.25) is 0 Å². The van der Waals surface area contributed by atoms with Crippen LogP contribution in [0.1, 0.15) is 11.1 Å². The second-order valence-corrected chi connectivity index (χ2v) is 3.53. The van der Waals surface area contributed by atoms with E-state index < -0.39 is 0 Å². The van der Waals surface area contributed by atoms with Crippen LogP contribution in [0.5, 0.6) is 0 Å². The molecule has 1 N–H and O–H groups in total. The minimum absolute atomic E-state index is 0.985. The third kappa shape index (κ3) is 2.59. The number of anilines is 1. The Hall–Kier alpha value is -1.76. The summed E-state index contributed by atoms with van der Waals surface area (Å²) in [6, 6.07) is 19.7. The van der Waals surface area contributed by atoms with Crippen molar-refractivity contribution < 1.29 is 0 Å². The summed E-state index contributed by atoms with van der Waals surface area (Å²) in [7, 11) is 1.93. The van der Waals surface area contributed by atoms with Gasteiger partial charge in [0.1, 0.15) is 0 Å². The first-order chi connectivity index (χ1) is 7.38. The highest BCUT2D eigenvalue weighted by molar-refractivity contribution is 5.44. The van der Waals surface area contributed by atoms with Crippen molar-refractivity contribution in [2.75, 3.05) is 12.4 Å². The molecule has 1 radical (unpaired) electrons. The molecule has 0 aromatic heterocycles. The summed E-state index contributed by atoms with van der Waals surface area (Å²) in [5, 5.41) is 3.11. The van der Waals surface area contributed by atoms with Crippen LogP contribution in [0.25, 0.3) is 0 Å². The molecule has 2 rings (SSSR count). The van der Waals surface area contributed by atoms with Crippen molar-refractivity contribution in [3.8, 4) is 0 Å². The van der Waals surface area contributed by atoms with E-state index in [9.17, 15) is 0 Å². The maximum Gasteiger partial charge on any atom is 0.0337 e. The lowest BCUT2D eigenvalue weighted by atomic mass is 10.1. The normalized spacial score (nSPS) is 9.93. The quantitative estimate of drug-likeness (QED) is 0.795. The predicted octanol–water partition coefficient (Wildman–Crippen LogP) is 3.12. The van der Waals surface area contributed by atoms with Crippen LogP contribution in [0.4, 0.5) is 5.69 Å². The van der Waals surface area contributed by atoms with Gasteiger partial charge in [-0.2, -0.15) is 0 Å². The van der Waals surface area contributed by atoms with Gasteiger partial charge in [0.15, 0.2) is 0 Å². The Bertz CT molecular complexity index is 403. The first-order valence-electron chi connectivity index (χ1n) is 5.10. The van der Waals surface area contributed by atoms with E-state index >= 15 is 0 Å². The van der Waals surface area contributed by atoms with Crippen LogP contribution >= 0.6 is 0 Å². The van der Waals surface area contributed by atoms with Gasteiger partial charge in [-0.15, -0.1) is 0 Å². The van der Waals surface area contributed by atoms with Crippen molar-refractivity contribution in [2.24, 2.45) is 0 Å². The molecule has 0 aliphatic heterocycles. The second kappa shape index (κ2) is 4.65. The average molecular weight is 196 g/mol. The van der Waals surface area contributed by atoms with Crippen LogP contribution in [-0.2, 0) is 6.42 Å². The lowest BCUT2D eigenvalue weighted by Gasteiger charge is -2.03. The van der Waals surface area contributed by atoms with Gasteiger partial charge in [-0.1, -0.05) is 36.4 Å². The van der Waals surface area contributed by atoms with Crippen molar-refractivity contribution >= 4 is 5.69 Å². The van der Waals surface area contributed by atoms with E-state index in [2.05, 4.69) is 47.8 Å². The summed E-state index contributed by atoms with van der Waals surface area (Å²) in [6.45, 7) is 0. The zero-order valence-electron chi connectivity index (χ0n) is 8.83. The van der Waals surface area contributed by atoms with Gasteiger partial charge in [0.25, 0.3) is 0 Å². The molecule has 2 aromatic rings. The van der Waals surface area contributed by atoms with E-state index in [4.69, 9.17) is 0 Å². The van der Waals surface area contributed by atoms with Crippen LogP contribution in [-0.4, -0.2) is 7.05 Å². The van der Waals surface area contributed by atoms with Crippen LogP contribution in [0.3, 0.4) is 0 Å². The summed E-state index contributed by atoms with van der Waals surface area (Å²) in [5.74, 6) is 0. The lowest BCUT2D eigenvalue weighted by molar-refractivity contribution is 1.19. The van der Waals surface area contributed by atoms with Crippen LogP contribution in [0.2, 0.25) is 0 Å². The molecular formula is C14H14N. The minimum Gasteiger partial charge on any atom is -0.388 e. The van der Waals surface area contributed by atoms with Gasteiger partial charge in [-0.25, -0.2) is 0 Å². The molecular weight excluding hydrogens is 182 g/mol. The molecule has 0 bridgehead atoms. The first-order valence-corrected chi connectivity index (χ1v) is 5.10. The largest absolute Gasteiger partial charge is 0.388 e. The van der Waals surface area contributed by atoms with E-state index in [0.29, 0.717) is 0 Å². The van der Waals surface area contributed by atoms with Gasteiger partial charge in [-0.05, 0) is 35.7 Å². The van der Waals surface area contributed by atoms with Crippen LogP contribution in [0, 0.1) is 6.07 Å². The Morgan fingerprint density at radius 3 is 2.13 bits per heavy atom. The van der Waals surface area contributed by atoms with Gasteiger partial charge in [0, 0.05) is 12.7 Å². The third-order valence-electron chi connectivity index (χ3n) is 2.44. The fourth-order valence-electron chi connectivity index (χ4n) is 1.56. The molecule has 0 aliphatic rings. The zero-order valence-corrected chi connectivity index (χ0v) is 8.83. The van der Waals surface area contributed by atoms with Gasteiger partial charge in [-0.3, -0.25) is 0 Å². The Kier molecular flexibility index (Phi) is 3.03. The lowest BCUT2D eigenvalue weighted by Crippen LogP contribution is -1.90. The topological polar surface area (TPSA) is 12.0 Å². The highest BCUT2D eigenvalue weighted by Crippen LogP contribution is 2.12. The minimum atomic E-state index is 0.985. The maximum atomic E-state index is 3.11. The molecule has 0 spiro atoms. The fraction of sp³-hybridized carbons (Fsp3) is 0.143. The van der Waals surface area contributed by atoms with Crippen molar-refractivity contribution in [1.29, 1.82) is 0 Å². The highest BCUT2D eigenvalue weighted by Gasteiger charge is 1.95. The van der Waals surface area contributed by atoms with Gasteiger partial charge < -0.3 is 5.32 Å². The molecule has 0 heterocycles. The van der Waals surface area contributed by atoms with Crippen LogP contribution in [0.15, 0.2) is 48.5 Å². The Morgan fingerprint density at radius 1 is 0.933 bits per heavy atom. The number of nitrogens with one attached hydrogen (secondary N) is 1. The number of hydrogen-bond donors (Lipinski definition) is 1. The Morgan fingerprint density at radius 2 is 1.53 bits per heavy atom. The summed E-state index contributed by atoms with van der Waals surface area (Å²) in [6.07, 6.45) is 0.985. The standard InChI is InChI=1S/C14H14N/c1-15-14-9-7-13(8-10-14)11-12-5-3-2-4-6-12/h3-10,15H,11H2,1H3. The molecule has 15 heavy (non-hydrogen) atoms. The molecule has 0 saturated heterocycles. The summed E-state index contributed by atoms with van der Waals surface area (Å²) < 4.78 is 0. The van der Waals surface area contributed by atoms with Gasteiger partial charge in [0.05, 0.1) is 0 Å². The van der Waals surface area contributed by atoms with E-state index in [1.54, 1.807) is 0 Å². The number of rotatable bonds is 3. The smallest absolute Gasteiger partial charge is 0.0337 e. The third-order valence-corrected chi connectivity index (χ3v) is 2.44. The molecule has 0 unspecified atom stereocenters. The molecule has 75 valence electrons. The first kappa shape index (κ1) is 9.78. The zero-order chi connectivity index (χ0) is 10.5. The molecule has 0 atom stereocenters. The van der Waals surface area contributed by atoms with Crippen molar-refractivity contribution in [3.63, 3.8) is 0 Å². The monoisotopic (exact) mass is 196 g/mol. The van der Waals surface area contributed by atoms with Crippen molar-refractivity contribution in [1.82, 2.24) is 0 Å². The van der Waals surface area contributed by atoms with E-state index in [1.165, 1.54) is 11.1 Å². The Balaban J connectivity index is 2.11. The van der Waals surface area contributed by atoms with E-state index in [-0.39, 0.29) is 0 Å². The van der Waals surface area contributed by atoms with Crippen molar-refractivity contribution in [2.45, 2.75) is 6.42 Å². The summed E-state index contributed by atoms with van der Waals surface area (Å²) >= 11 is 0. The number of hydrogen-bond acceptors (Lipinski definition) is 1. The molecule has 1 heteroatoms. The van der Waals surface area contributed by atoms with Gasteiger partial charge >= 0.3 is 0 Å². The summed E-state index contributed by atoms with van der Waals surface area (Å²) in [5.41, 5.74) is 3.81. The Labute approximate surface area is 90.8 Å². The average Bonchev–Trinajstić information content (AvgIpc) is 2.31. The molecule has 1 nitrogen and oxygen atoms in total. The van der Waals surface area contributed by atoms with Crippen molar-refractivity contribution in [3.05, 3.63) is 65.7 Å². The van der Waals surface area contributed by atoms with E-state index in [0.717, 1.165) is 12.1 Å². The molecule has 0 fully saturated rings. The molecule has 0 aliphatic carbocycles. The highest BCUT2D eigenvalue weighted by atomic mass is 14.8. The number of benzene rings is 2. The summed E-state index contributed by atoms with van der Waals surface area (Å²) in [4.78, 5) is 0.